The van der Waals surface area contributed by atoms with Crippen molar-refractivity contribution in [2.45, 2.75) is 45.6 Å². The normalized spacial score (nSPS) is 10.8. The lowest BCUT2D eigenvalue weighted by molar-refractivity contribution is 0.202. The molecule has 0 aliphatic heterocycles. The van der Waals surface area contributed by atoms with Crippen LogP contribution in [0.3, 0.4) is 0 Å². The van der Waals surface area contributed by atoms with Crippen LogP contribution in [0.4, 0.5) is 10.5 Å². The Labute approximate surface area is 169 Å². The molecule has 0 aliphatic carbocycles. The Hall–Kier alpha value is -1.36. The quantitative estimate of drug-likeness (QED) is 0.437. The van der Waals surface area contributed by atoms with Gasteiger partial charge in [0, 0.05) is 11.6 Å². The van der Waals surface area contributed by atoms with Crippen molar-refractivity contribution in [1.82, 2.24) is 4.90 Å². The lowest BCUT2D eigenvalue weighted by Gasteiger charge is -2.23. The highest BCUT2D eigenvalue weighted by atomic mass is 35.5. The molecule has 142 valence electrons. The fourth-order valence-electron chi connectivity index (χ4n) is 2.60. The highest BCUT2D eigenvalue weighted by Crippen LogP contribution is 2.33. The first-order valence-electron chi connectivity index (χ1n) is 8.74. The summed E-state index contributed by atoms with van der Waals surface area (Å²) in [4.78, 5) is 14.5. The zero-order chi connectivity index (χ0) is 18.9. The SMILES string of the molecule is CCCCCCCN(Cc1ccco1)C(=O)Nc1c(Cl)cc(Cl)cc1Cl. The average Bonchev–Trinajstić information content (AvgIpc) is 3.09. The third kappa shape index (κ3) is 6.42. The van der Waals surface area contributed by atoms with E-state index in [1.165, 1.54) is 19.3 Å². The first kappa shape index (κ1) is 20.9. The number of nitrogens with one attached hydrogen (secondary N) is 1. The Kier molecular flexibility index (Phi) is 8.63. The summed E-state index contributed by atoms with van der Waals surface area (Å²) >= 11 is 18.3. The molecule has 26 heavy (non-hydrogen) atoms. The topological polar surface area (TPSA) is 45.5 Å². The van der Waals surface area contributed by atoms with Crippen LogP contribution < -0.4 is 5.32 Å². The van der Waals surface area contributed by atoms with Gasteiger partial charge < -0.3 is 14.6 Å². The Morgan fingerprint density at radius 3 is 2.42 bits per heavy atom. The van der Waals surface area contributed by atoms with Crippen molar-refractivity contribution < 1.29 is 9.21 Å². The molecule has 0 spiro atoms. The van der Waals surface area contributed by atoms with Crippen molar-refractivity contribution in [3.05, 3.63) is 51.4 Å². The maximum Gasteiger partial charge on any atom is 0.322 e. The van der Waals surface area contributed by atoms with E-state index < -0.39 is 0 Å². The summed E-state index contributed by atoms with van der Waals surface area (Å²) in [7, 11) is 0. The second-order valence-corrected chi connectivity index (χ2v) is 7.34. The third-order valence-electron chi connectivity index (χ3n) is 3.98. The lowest BCUT2D eigenvalue weighted by atomic mass is 10.1. The van der Waals surface area contributed by atoms with E-state index in [1.807, 2.05) is 6.07 Å². The minimum atomic E-state index is -0.275. The monoisotopic (exact) mass is 416 g/mol. The number of carbonyl (C=O) groups excluding carboxylic acids is 1. The molecule has 7 heteroatoms. The Bertz CT molecular complexity index is 682. The standard InChI is InChI=1S/C19H23Cl3N2O2/c1-2-3-4-5-6-9-24(13-15-8-7-10-26-15)19(25)23-18-16(21)11-14(20)12-17(18)22/h7-8,10-12H,2-6,9,13H2,1H3,(H,23,25). The van der Waals surface area contributed by atoms with E-state index in [0.717, 1.165) is 18.6 Å². The van der Waals surface area contributed by atoms with E-state index in [4.69, 9.17) is 39.2 Å². The van der Waals surface area contributed by atoms with Crippen molar-refractivity contribution in [3.63, 3.8) is 0 Å². The number of unbranched alkanes of at least 4 members (excludes halogenated alkanes) is 4. The molecule has 4 nitrogen and oxygen atoms in total. The van der Waals surface area contributed by atoms with E-state index in [2.05, 4.69) is 12.2 Å². The second-order valence-electron chi connectivity index (χ2n) is 6.09. The van der Waals surface area contributed by atoms with Crippen LogP contribution in [0.2, 0.25) is 15.1 Å². The molecular weight excluding hydrogens is 395 g/mol. The van der Waals surface area contributed by atoms with Crippen molar-refractivity contribution in [2.75, 3.05) is 11.9 Å². The van der Waals surface area contributed by atoms with Gasteiger partial charge in [0.05, 0.1) is 28.5 Å². The van der Waals surface area contributed by atoms with Gasteiger partial charge in [0.2, 0.25) is 0 Å². The first-order chi connectivity index (χ1) is 12.5. The highest BCUT2D eigenvalue weighted by molar-refractivity contribution is 6.42. The molecule has 1 aromatic heterocycles. The minimum Gasteiger partial charge on any atom is -0.467 e. The number of anilines is 1. The van der Waals surface area contributed by atoms with Crippen LogP contribution in [0.15, 0.2) is 34.9 Å². The molecule has 0 saturated carbocycles. The van der Waals surface area contributed by atoms with E-state index >= 15 is 0 Å². The zero-order valence-corrected chi connectivity index (χ0v) is 17.0. The van der Waals surface area contributed by atoms with Crippen molar-refractivity contribution >= 4 is 46.5 Å². The maximum absolute atomic E-state index is 12.8. The van der Waals surface area contributed by atoms with Crippen LogP contribution in [0.1, 0.15) is 44.8 Å². The van der Waals surface area contributed by atoms with Gasteiger partial charge in [-0.1, -0.05) is 67.4 Å². The van der Waals surface area contributed by atoms with E-state index in [-0.39, 0.29) is 6.03 Å². The summed E-state index contributed by atoms with van der Waals surface area (Å²) in [5, 5.41) is 3.82. The molecule has 0 unspecified atom stereocenters. The number of urea groups is 1. The Morgan fingerprint density at radius 2 is 1.81 bits per heavy atom. The molecule has 1 N–H and O–H groups in total. The molecule has 2 aromatic rings. The molecule has 0 atom stereocenters. The summed E-state index contributed by atoms with van der Waals surface area (Å²) in [6.07, 6.45) is 7.17. The Morgan fingerprint density at radius 1 is 1.12 bits per heavy atom. The number of halogens is 3. The van der Waals surface area contributed by atoms with Gasteiger partial charge in [-0.2, -0.15) is 0 Å². The van der Waals surface area contributed by atoms with Gasteiger partial charge in [-0.25, -0.2) is 4.79 Å². The number of hydrogen-bond donors (Lipinski definition) is 1. The van der Waals surface area contributed by atoms with Crippen LogP contribution in [0.25, 0.3) is 0 Å². The third-order valence-corrected chi connectivity index (χ3v) is 4.80. The molecule has 0 saturated heterocycles. The van der Waals surface area contributed by atoms with Crippen molar-refractivity contribution in [2.24, 2.45) is 0 Å². The summed E-state index contributed by atoms with van der Waals surface area (Å²) in [5.74, 6) is 0.724. The van der Waals surface area contributed by atoms with E-state index in [1.54, 1.807) is 29.4 Å². The lowest BCUT2D eigenvalue weighted by Crippen LogP contribution is -2.35. The molecule has 0 bridgehead atoms. The summed E-state index contributed by atoms with van der Waals surface area (Å²) in [6, 6.07) is 6.47. The number of rotatable bonds is 9. The average molecular weight is 418 g/mol. The molecule has 0 radical (unpaired) electrons. The van der Waals surface area contributed by atoms with Crippen LogP contribution in [0, 0.1) is 0 Å². The molecule has 1 aromatic carbocycles. The molecule has 1 heterocycles. The largest absolute Gasteiger partial charge is 0.467 e. The number of furan rings is 1. The van der Waals surface area contributed by atoms with Crippen molar-refractivity contribution in [1.29, 1.82) is 0 Å². The van der Waals surface area contributed by atoms with Gasteiger partial charge in [0.25, 0.3) is 0 Å². The van der Waals surface area contributed by atoms with Crippen LogP contribution in [-0.2, 0) is 6.54 Å². The van der Waals surface area contributed by atoms with Gasteiger partial charge >= 0.3 is 6.03 Å². The van der Waals surface area contributed by atoms with E-state index in [0.29, 0.717) is 33.8 Å². The number of hydrogen-bond acceptors (Lipinski definition) is 2. The Balaban J connectivity index is 2.04. The van der Waals surface area contributed by atoms with Gasteiger partial charge in [-0.15, -0.1) is 0 Å². The van der Waals surface area contributed by atoms with Crippen LogP contribution in [-0.4, -0.2) is 17.5 Å². The number of benzene rings is 1. The predicted octanol–water partition coefficient (Wildman–Crippen LogP) is 7.24. The molecular formula is C19H23Cl3N2O2. The molecule has 0 fully saturated rings. The molecule has 0 aliphatic rings. The summed E-state index contributed by atoms with van der Waals surface area (Å²) in [6.45, 7) is 3.19. The minimum absolute atomic E-state index is 0.275. The van der Waals surface area contributed by atoms with Gasteiger partial charge in [-0.05, 0) is 30.7 Å². The van der Waals surface area contributed by atoms with E-state index in [9.17, 15) is 4.79 Å². The van der Waals surface area contributed by atoms with Crippen LogP contribution >= 0.6 is 34.8 Å². The molecule has 2 amide bonds. The number of carbonyl (C=O) groups is 1. The highest BCUT2D eigenvalue weighted by Gasteiger charge is 2.18. The summed E-state index contributed by atoms with van der Waals surface area (Å²) < 4.78 is 5.38. The number of nitrogens with zero attached hydrogens (tertiary/aromatic N) is 1. The fraction of sp³-hybridized carbons (Fsp3) is 0.421. The smallest absolute Gasteiger partial charge is 0.322 e. The van der Waals surface area contributed by atoms with Crippen molar-refractivity contribution in [3.8, 4) is 0 Å². The zero-order valence-electron chi connectivity index (χ0n) is 14.7. The predicted molar refractivity (Wildman–Crippen MR) is 108 cm³/mol. The second kappa shape index (κ2) is 10.7. The van der Waals surface area contributed by atoms with Gasteiger partial charge in [0.1, 0.15) is 5.76 Å². The van der Waals surface area contributed by atoms with Crippen LogP contribution in [0.5, 0.6) is 0 Å². The van der Waals surface area contributed by atoms with Gasteiger partial charge in [0.15, 0.2) is 0 Å². The maximum atomic E-state index is 12.8. The fourth-order valence-corrected chi connectivity index (χ4v) is 3.51. The first-order valence-corrected chi connectivity index (χ1v) is 9.87. The molecule has 2 rings (SSSR count). The summed E-state index contributed by atoms with van der Waals surface area (Å²) in [5.41, 5.74) is 0.359. The number of amides is 2. The van der Waals surface area contributed by atoms with Gasteiger partial charge in [-0.3, -0.25) is 0 Å².